The Kier molecular flexibility index (Phi) is 6.33. The van der Waals surface area contributed by atoms with Gasteiger partial charge >= 0.3 is 0 Å². The molecule has 2 rings (SSSR count). The second-order valence-electron chi connectivity index (χ2n) is 5.96. The Labute approximate surface area is 148 Å². The highest BCUT2D eigenvalue weighted by Gasteiger charge is 2.24. The predicted molar refractivity (Wildman–Crippen MR) is 97.5 cm³/mol. The topological polar surface area (TPSA) is 67.2 Å². The Morgan fingerprint density at radius 1 is 1.16 bits per heavy atom. The van der Waals surface area contributed by atoms with E-state index >= 15 is 0 Å². The van der Waals surface area contributed by atoms with Gasteiger partial charge in [-0.25, -0.2) is 0 Å². The molecule has 0 saturated carbocycles. The summed E-state index contributed by atoms with van der Waals surface area (Å²) in [6, 6.07) is 10.0. The van der Waals surface area contributed by atoms with Gasteiger partial charge in [0.05, 0.1) is 24.3 Å². The predicted octanol–water partition coefficient (Wildman–Crippen LogP) is 2.15. The molecular weight excluding hydrogens is 316 g/mol. The normalized spacial score (nSPS) is 10.6. The van der Waals surface area contributed by atoms with Crippen molar-refractivity contribution >= 4 is 11.8 Å². The lowest BCUT2D eigenvalue weighted by Crippen LogP contribution is -2.40. The number of carbonyl (C=O) groups excluding carboxylic acids is 2. The first-order chi connectivity index (χ1) is 12.0. The first-order valence-electron chi connectivity index (χ1n) is 8.61. The highest BCUT2D eigenvalue weighted by Crippen LogP contribution is 2.17. The second-order valence-corrected chi connectivity index (χ2v) is 5.96. The van der Waals surface area contributed by atoms with E-state index in [4.69, 9.17) is 0 Å². The summed E-state index contributed by atoms with van der Waals surface area (Å²) in [6.45, 7) is 9.16. The minimum absolute atomic E-state index is 0.0614. The Balaban J connectivity index is 2.23. The summed E-state index contributed by atoms with van der Waals surface area (Å²) in [5.74, 6) is -0.298. The van der Waals surface area contributed by atoms with Gasteiger partial charge in [0.1, 0.15) is 0 Å². The fourth-order valence-electron chi connectivity index (χ4n) is 2.83. The Morgan fingerprint density at radius 2 is 1.84 bits per heavy atom. The fraction of sp³-hybridized carbons (Fsp3) is 0.421. The van der Waals surface area contributed by atoms with Gasteiger partial charge in [-0.15, -0.1) is 0 Å². The maximum atomic E-state index is 12.9. The van der Waals surface area contributed by atoms with Gasteiger partial charge in [-0.2, -0.15) is 5.10 Å². The third kappa shape index (κ3) is 4.47. The molecule has 0 aliphatic carbocycles. The fourth-order valence-corrected chi connectivity index (χ4v) is 2.83. The molecule has 0 fully saturated rings. The van der Waals surface area contributed by atoms with Gasteiger partial charge in [0.25, 0.3) is 5.91 Å². The zero-order chi connectivity index (χ0) is 18.4. The van der Waals surface area contributed by atoms with Crippen molar-refractivity contribution < 1.29 is 9.59 Å². The molecule has 0 atom stereocenters. The number of carbonyl (C=O) groups is 2. The number of aromatic nitrogens is 2. The van der Waals surface area contributed by atoms with Gasteiger partial charge in [0.2, 0.25) is 5.91 Å². The van der Waals surface area contributed by atoms with Crippen LogP contribution in [0.2, 0.25) is 0 Å². The molecule has 0 bridgehead atoms. The van der Waals surface area contributed by atoms with Crippen molar-refractivity contribution in [2.45, 2.75) is 34.2 Å². The monoisotopic (exact) mass is 342 g/mol. The summed E-state index contributed by atoms with van der Waals surface area (Å²) in [7, 11) is 0. The molecule has 0 aliphatic rings. The van der Waals surface area contributed by atoms with Crippen LogP contribution in [0.1, 0.15) is 41.2 Å². The molecule has 1 N–H and O–H groups in total. The lowest BCUT2D eigenvalue weighted by molar-refractivity contribution is -0.121. The van der Waals surface area contributed by atoms with Crippen molar-refractivity contribution in [2.75, 3.05) is 19.6 Å². The molecule has 0 aliphatic heterocycles. The van der Waals surface area contributed by atoms with Gasteiger partial charge in [-0.05, 0) is 33.3 Å². The lowest BCUT2D eigenvalue weighted by Gasteiger charge is -2.20. The van der Waals surface area contributed by atoms with Crippen molar-refractivity contribution in [3.8, 4) is 0 Å². The van der Waals surface area contributed by atoms with Crippen LogP contribution in [0, 0.1) is 13.8 Å². The first-order valence-corrected chi connectivity index (χ1v) is 8.61. The summed E-state index contributed by atoms with van der Waals surface area (Å²) in [4.78, 5) is 26.3. The van der Waals surface area contributed by atoms with Crippen LogP contribution in [0.5, 0.6) is 0 Å². The number of hydrogen-bond donors (Lipinski definition) is 1. The molecule has 0 radical (unpaired) electrons. The molecule has 6 nitrogen and oxygen atoms in total. The summed E-state index contributed by atoms with van der Waals surface area (Å²) in [5.41, 5.74) is 3.22. The van der Waals surface area contributed by atoms with Crippen molar-refractivity contribution in [1.29, 1.82) is 0 Å². The molecule has 0 unspecified atom stereocenters. The van der Waals surface area contributed by atoms with Crippen molar-refractivity contribution in [3.05, 3.63) is 52.8 Å². The number of aryl methyl sites for hydroxylation is 1. The van der Waals surface area contributed by atoms with E-state index in [0.29, 0.717) is 30.9 Å². The number of amides is 2. The SMILES string of the molecule is CCNC(=O)CN(CC)C(=O)c1c(C)nn(Cc2ccccc2)c1C. The van der Waals surface area contributed by atoms with Crippen LogP contribution < -0.4 is 5.32 Å². The number of rotatable bonds is 7. The summed E-state index contributed by atoms with van der Waals surface area (Å²) >= 11 is 0. The average molecular weight is 342 g/mol. The van der Waals surface area contributed by atoms with Crippen molar-refractivity contribution in [1.82, 2.24) is 20.0 Å². The number of nitrogens with one attached hydrogen (secondary N) is 1. The third-order valence-corrected chi connectivity index (χ3v) is 4.15. The minimum atomic E-state index is -0.150. The van der Waals surface area contributed by atoms with E-state index < -0.39 is 0 Å². The molecule has 2 amide bonds. The van der Waals surface area contributed by atoms with Gasteiger partial charge in [-0.1, -0.05) is 30.3 Å². The Hall–Kier alpha value is -2.63. The van der Waals surface area contributed by atoms with Crippen LogP contribution in [0.15, 0.2) is 30.3 Å². The van der Waals surface area contributed by atoms with E-state index in [0.717, 1.165) is 11.3 Å². The Morgan fingerprint density at radius 3 is 2.44 bits per heavy atom. The highest BCUT2D eigenvalue weighted by atomic mass is 16.2. The second kappa shape index (κ2) is 8.46. The molecule has 0 saturated heterocycles. The quantitative estimate of drug-likeness (QED) is 0.838. The zero-order valence-electron chi connectivity index (χ0n) is 15.4. The van der Waals surface area contributed by atoms with Crippen LogP contribution >= 0.6 is 0 Å². The van der Waals surface area contributed by atoms with E-state index in [1.54, 1.807) is 4.90 Å². The maximum Gasteiger partial charge on any atom is 0.258 e. The molecule has 1 aromatic carbocycles. The summed E-state index contributed by atoms with van der Waals surface area (Å²) < 4.78 is 1.85. The molecule has 2 aromatic rings. The van der Waals surface area contributed by atoms with Gasteiger partial charge in [0.15, 0.2) is 0 Å². The molecule has 1 aromatic heterocycles. The van der Waals surface area contributed by atoms with Crippen LogP contribution in [0.3, 0.4) is 0 Å². The molecule has 1 heterocycles. The van der Waals surface area contributed by atoms with E-state index in [1.165, 1.54) is 0 Å². The molecule has 6 heteroatoms. The average Bonchev–Trinajstić information content (AvgIpc) is 2.87. The number of nitrogens with zero attached hydrogens (tertiary/aromatic N) is 3. The zero-order valence-corrected chi connectivity index (χ0v) is 15.4. The summed E-state index contributed by atoms with van der Waals surface area (Å²) in [6.07, 6.45) is 0. The van der Waals surface area contributed by atoms with E-state index in [9.17, 15) is 9.59 Å². The van der Waals surface area contributed by atoms with Crippen LogP contribution in [-0.4, -0.2) is 46.1 Å². The maximum absolute atomic E-state index is 12.9. The van der Waals surface area contributed by atoms with Crippen molar-refractivity contribution in [3.63, 3.8) is 0 Å². The lowest BCUT2D eigenvalue weighted by atomic mass is 10.1. The van der Waals surface area contributed by atoms with Crippen LogP contribution in [0.25, 0.3) is 0 Å². The van der Waals surface area contributed by atoms with Crippen molar-refractivity contribution in [2.24, 2.45) is 0 Å². The van der Waals surface area contributed by atoms with Crippen LogP contribution in [-0.2, 0) is 11.3 Å². The standard InChI is InChI=1S/C19H26N4O2/c1-5-20-17(24)13-22(6-2)19(25)18-14(3)21-23(15(18)4)12-16-10-8-7-9-11-16/h7-11H,5-6,12-13H2,1-4H3,(H,20,24). The molecule has 0 spiro atoms. The van der Waals surface area contributed by atoms with Gasteiger partial charge in [-0.3, -0.25) is 14.3 Å². The number of benzene rings is 1. The molecule has 25 heavy (non-hydrogen) atoms. The van der Waals surface area contributed by atoms with E-state index in [2.05, 4.69) is 10.4 Å². The number of hydrogen-bond acceptors (Lipinski definition) is 3. The largest absolute Gasteiger partial charge is 0.355 e. The number of likely N-dealkylation sites (N-methyl/N-ethyl adjacent to an activating group) is 2. The third-order valence-electron chi connectivity index (χ3n) is 4.15. The molecular formula is C19H26N4O2. The van der Waals surface area contributed by atoms with E-state index in [-0.39, 0.29) is 18.4 Å². The first kappa shape index (κ1) is 18.7. The molecule has 134 valence electrons. The van der Waals surface area contributed by atoms with Crippen LogP contribution in [0.4, 0.5) is 0 Å². The van der Waals surface area contributed by atoms with Gasteiger partial charge in [0, 0.05) is 18.8 Å². The Bertz CT molecular complexity index is 737. The van der Waals surface area contributed by atoms with E-state index in [1.807, 2.05) is 62.7 Å². The smallest absolute Gasteiger partial charge is 0.258 e. The minimum Gasteiger partial charge on any atom is -0.355 e. The summed E-state index contributed by atoms with van der Waals surface area (Å²) in [5, 5.41) is 7.26. The highest BCUT2D eigenvalue weighted by molar-refractivity contribution is 5.98. The van der Waals surface area contributed by atoms with Gasteiger partial charge < -0.3 is 10.2 Å².